The summed E-state index contributed by atoms with van der Waals surface area (Å²) in [6.45, 7) is 12.7. The van der Waals surface area contributed by atoms with Crippen molar-refractivity contribution in [3.8, 4) is 11.8 Å². The molecule has 3 saturated heterocycles. The summed E-state index contributed by atoms with van der Waals surface area (Å²) in [6, 6.07) is 10.2. The van der Waals surface area contributed by atoms with Gasteiger partial charge in [0.2, 0.25) is 5.91 Å². The summed E-state index contributed by atoms with van der Waals surface area (Å²) in [5.74, 6) is 6.55. The number of nitrogens with one attached hydrogen (secondary N) is 2. The van der Waals surface area contributed by atoms with Crippen LogP contribution in [0.25, 0.3) is 23.1 Å². The molecule has 15 heteroatoms. The van der Waals surface area contributed by atoms with Crippen molar-refractivity contribution >= 4 is 46.7 Å². The van der Waals surface area contributed by atoms with Crippen LogP contribution in [0.15, 0.2) is 58.5 Å². The molecule has 0 spiro atoms. The number of carbonyl (C=O) groups excluding carboxylic acids is 1. The zero-order chi connectivity index (χ0) is 44.7. The van der Waals surface area contributed by atoms with Gasteiger partial charge in [0, 0.05) is 72.8 Å². The van der Waals surface area contributed by atoms with Gasteiger partial charge >= 0.3 is 6.01 Å². The van der Waals surface area contributed by atoms with E-state index in [0.29, 0.717) is 59.5 Å². The van der Waals surface area contributed by atoms with Crippen LogP contribution in [0.3, 0.4) is 0 Å². The van der Waals surface area contributed by atoms with Crippen LogP contribution in [0.5, 0.6) is 11.8 Å². The molecule has 2 aromatic heterocycles. The lowest BCUT2D eigenvalue weighted by atomic mass is 9.97. The highest BCUT2D eigenvalue weighted by Crippen LogP contribution is 2.47. The summed E-state index contributed by atoms with van der Waals surface area (Å²) in [6.07, 6.45) is 15.7. The number of hydrogen-bond donors (Lipinski definition) is 4. The number of aromatic nitrogens is 4. The number of fused-ring (bicyclic) bond motifs is 1. The molecule has 1 saturated carbocycles. The van der Waals surface area contributed by atoms with E-state index in [9.17, 15) is 9.90 Å². The first-order valence-electron chi connectivity index (χ1n) is 23.2. The Morgan fingerprint density at radius 1 is 1.12 bits per heavy atom. The predicted octanol–water partition coefficient (Wildman–Crippen LogP) is 5.55. The SMILES string of the molecule is CCC1CN(c2nc(OC3CCOCC3)nc3c(O)c(\C=c4/cn[nH]/c4=C/C(F)=C/CCc4ccc(/C(C=NC(C(=O)N5CCCC5C)C(C)C)=N/N)cc4)c(C4CC4)cc23)CCN1. The molecule has 4 fully saturated rings. The highest BCUT2D eigenvalue weighted by molar-refractivity contribution is 6.38. The van der Waals surface area contributed by atoms with Crippen LogP contribution >= 0.6 is 0 Å². The van der Waals surface area contributed by atoms with E-state index in [1.165, 1.54) is 6.08 Å². The number of halogens is 1. The molecule has 5 N–H and O–H groups in total. The minimum atomic E-state index is -0.506. The Morgan fingerprint density at radius 2 is 1.92 bits per heavy atom. The zero-order valence-corrected chi connectivity index (χ0v) is 37.6. The molecule has 2 aromatic carbocycles. The number of nitrogens with two attached hydrogens (primary N) is 1. The fourth-order valence-corrected chi connectivity index (χ4v) is 9.05. The Morgan fingerprint density at radius 3 is 2.62 bits per heavy atom. The number of rotatable bonds is 15. The second-order valence-electron chi connectivity index (χ2n) is 18.0. The molecule has 64 heavy (non-hydrogen) atoms. The van der Waals surface area contributed by atoms with Crippen LogP contribution in [0.2, 0.25) is 0 Å². The molecule has 0 bridgehead atoms. The second kappa shape index (κ2) is 20.4. The van der Waals surface area contributed by atoms with Crippen molar-refractivity contribution in [3.05, 3.63) is 81.3 Å². The number of phenolic OH excluding ortho intramolecular Hbond substituents is 1. The molecule has 8 rings (SSSR count). The van der Waals surface area contributed by atoms with Gasteiger partial charge in [0.1, 0.15) is 40.8 Å². The molecular formula is C49H63FN10O4. The number of aromatic amines is 1. The number of aryl methyl sites for hydroxylation is 1. The number of aliphatic imine (C=N–C) groups is 1. The van der Waals surface area contributed by atoms with Crippen molar-refractivity contribution < 1.29 is 23.8 Å². The van der Waals surface area contributed by atoms with E-state index in [1.807, 2.05) is 49.1 Å². The van der Waals surface area contributed by atoms with E-state index in [1.54, 1.807) is 18.5 Å². The molecule has 5 heterocycles. The van der Waals surface area contributed by atoms with Gasteiger partial charge in [-0.2, -0.15) is 20.2 Å². The highest BCUT2D eigenvalue weighted by Gasteiger charge is 2.33. The Balaban J connectivity index is 1.01. The van der Waals surface area contributed by atoms with Gasteiger partial charge in [0.15, 0.2) is 0 Å². The van der Waals surface area contributed by atoms with E-state index in [-0.39, 0.29) is 41.6 Å². The molecule has 14 nitrogen and oxygen atoms in total. The van der Waals surface area contributed by atoms with Gasteiger partial charge < -0.3 is 35.5 Å². The number of likely N-dealkylation sites (tertiary alicyclic amines) is 1. The number of anilines is 1. The highest BCUT2D eigenvalue weighted by atomic mass is 19.1. The molecule has 1 amide bonds. The number of hydrogen-bond acceptors (Lipinski definition) is 12. The van der Waals surface area contributed by atoms with E-state index >= 15 is 4.39 Å². The fraction of sp³-hybridized carbons (Fsp3) is 0.510. The van der Waals surface area contributed by atoms with Gasteiger partial charge in [-0.05, 0) is 99.1 Å². The maximum absolute atomic E-state index is 15.6. The quantitative estimate of drug-likeness (QED) is 0.0673. The Bertz CT molecular complexity index is 2490. The van der Waals surface area contributed by atoms with Crippen molar-refractivity contribution in [1.29, 1.82) is 0 Å². The standard InChI is InChI=1S/C49H63FN10O4/c1-5-37-29-59(21-19-52-37)47-41-26-39(33-15-16-33)40(46(61)45(41)55-49(56-47)64-38-17-22-63-23-18-38)24-35-27-54-58-42(35)25-36(50)10-6-9-32-11-13-34(14-12-32)43(57-51)28-53-44(30(2)3)48(62)60-20-7-8-31(60)4/h10-14,24-28,30-31,33,37-38,44,52,58,61H,5-9,15-23,29,51H2,1-4H3/b35-24+,36-10-,42-25+,53-28?,57-43+. The number of allylic oxidation sites excluding steroid dienone is 2. The topological polar surface area (TPSA) is 179 Å². The van der Waals surface area contributed by atoms with Gasteiger partial charge in [-0.25, -0.2) is 4.39 Å². The lowest BCUT2D eigenvalue weighted by Crippen LogP contribution is -2.50. The maximum atomic E-state index is 15.6. The van der Waals surface area contributed by atoms with Crippen LogP contribution < -0.4 is 31.4 Å². The number of amides is 1. The van der Waals surface area contributed by atoms with Crippen LogP contribution in [-0.4, -0.2) is 112 Å². The first-order valence-corrected chi connectivity index (χ1v) is 23.2. The van der Waals surface area contributed by atoms with Crippen LogP contribution in [-0.2, 0) is 16.0 Å². The van der Waals surface area contributed by atoms with E-state index in [2.05, 4.69) is 50.4 Å². The Labute approximate surface area is 374 Å². The van der Waals surface area contributed by atoms with Gasteiger partial charge in [0.05, 0.1) is 31.0 Å². The molecule has 3 atom stereocenters. The predicted molar refractivity (Wildman–Crippen MR) is 250 cm³/mol. The molecule has 4 aliphatic rings. The lowest BCUT2D eigenvalue weighted by molar-refractivity contribution is -0.133. The van der Waals surface area contributed by atoms with Crippen molar-refractivity contribution in [1.82, 2.24) is 30.4 Å². The average molecular weight is 875 g/mol. The number of benzene rings is 2. The number of carbonyl (C=O) groups is 1. The summed E-state index contributed by atoms with van der Waals surface area (Å²) in [7, 11) is 0. The monoisotopic (exact) mass is 875 g/mol. The molecule has 340 valence electrons. The molecule has 1 aliphatic carbocycles. The minimum Gasteiger partial charge on any atom is -0.505 e. The third-order valence-electron chi connectivity index (χ3n) is 13.0. The molecule has 3 aliphatic heterocycles. The number of piperazine rings is 1. The largest absolute Gasteiger partial charge is 0.505 e. The number of nitrogens with zero attached hydrogens (tertiary/aromatic N) is 7. The van der Waals surface area contributed by atoms with E-state index < -0.39 is 11.9 Å². The Kier molecular flexibility index (Phi) is 14.3. The number of hydrazone groups is 1. The number of aromatic hydroxyl groups is 1. The smallest absolute Gasteiger partial charge is 0.319 e. The lowest BCUT2D eigenvalue weighted by Gasteiger charge is -2.35. The van der Waals surface area contributed by atoms with E-state index in [0.717, 1.165) is 99.0 Å². The van der Waals surface area contributed by atoms with Gasteiger partial charge in [-0.1, -0.05) is 45.0 Å². The number of phenols is 1. The average Bonchev–Trinajstić information content (AvgIpc) is 3.92. The zero-order valence-electron chi connectivity index (χ0n) is 37.6. The molecule has 3 unspecified atom stereocenters. The summed E-state index contributed by atoms with van der Waals surface area (Å²) < 4.78 is 27.5. The first kappa shape index (κ1) is 44.9. The minimum absolute atomic E-state index is 0.0256. The van der Waals surface area contributed by atoms with Gasteiger partial charge in [0.25, 0.3) is 0 Å². The third-order valence-corrected chi connectivity index (χ3v) is 13.0. The summed E-state index contributed by atoms with van der Waals surface area (Å²) in [4.78, 5) is 32.0. The van der Waals surface area contributed by atoms with Crippen LogP contribution in [0.4, 0.5) is 10.2 Å². The van der Waals surface area contributed by atoms with Crippen LogP contribution in [0.1, 0.15) is 107 Å². The summed E-state index contributed by atoms with van der Waals surface area (Å²) in [5.41, 5.74) is 4.37. The summed E-state index contributed by atoms with van der Waals surface area (Å²) in [5, 5.41) is 28.9. The van der Waals surface area contributed by atoms with Gasteiger partial charge in [-0.3, -0.25) is 14.9 Å². The Hall–Kier alpha value is -5.67. The molecule has 4 aromatic rings. The first-order chi connectivity index (χ1) is 31.1. The van der Waals surface area contributed by atoms with Crippen molar-refractivity contribution in [3.63, 3.8) is 0 Å². The normalized spacial score (nSPS) is 21.5. The van der Waals surface area contributed by atoms with Crippen molar-refractivity contribution in [2.24, 2.45) is 21.9 Å². The molecular weight excluding hydrogens is 812 g/mol. The summed E-state index contributed by atoms with van der Waals surface area (Å²) >= 11 is 0. The fourth-order valence-electron chi connectivity index (χ4n) is 9.05. The van der Waals surface area contributed by atoms with Crippen molar-refractivity contribution in [2.75, 3.05) is 44.3 Å². The maximum Gasteiger partial charge on any atom is 0.319 e. The number of H-pyrrole nitrogens is 1. The second-order valence-corrected chi connectivity index (χ2v) is 18.0. The third kappa shape index (κ3) is 10.5. The van der Waals surface area contributed by atoms with Crippen molar-refractivity contribution in [2.45, 2.75) is 116 Å². The number of ether oxygens (including phenoxy) is 2. The van der Waals surface area contributed by atoms with E-state index in [4.69, 9.17) is 25.3 Å². The molecule has 0 radical (unpaired) electrons. The van der Waals surface area contributed by atoms with Crippen LogP contribution in [0, 0.1) is 5.92 Å². The van der Waals surface area contributed by atoms with Gasteiger partial charge in [-0.15, -0.1) is 0 Å².